The Balaban J connectivity index is 1.22. The molecule has 0 saturated carbocycles. The Morgan fingerprint density at radius 3 is 2.74 bits per heavy atom. The van der Waals surface area contributed by atoms with Crippen molar-refractivity contribution >= 4 is 18.1 Å². The van der Waals surface area contributed by atoms with E-state index in [4.69, 9.17) is 9.47 Å². The number of allylic oxidation sites excluding steroid dienone is 3. The minimum absolute atomic E-state index is 0.0158. The number of hydrogen-bond acceptors (Lipinski definition) is 4. The Kier molecular flexibility index (Phi) is 5.92. The van der Waals surface area contributed by atoms with Crippen LogP contribution in [0.3, 0.4) is 0 Å². The van der Waals surface area contributed by atoms with Crippen molar-refractivity contribution in [3.05, 3.63) is 88.4 Å². The van der Waals surface area contributed by atoms with Crippen LogP contribution in [-0.4, -0.2) is 36.1 Å². The second-order valence-corrected chi connectivity index (χ2v) is 8.63. The van der Waals surface area contributed by atoms with E-state index in [1.807, 2.05) is 43.4 Å². The summed E-state index contributed by atoms with van der Waals surface area (Å²) in [5.41, 5.74) is 4.76. The standard InChI is InChI=1S/C27H25FN2O4/c1-2-30-21(16-33-27(30)32)13-17-3-7-22(8-4-17)34-25-10-6-19(14-23(25)28)11-18-5-9-24-20(12-18)15-26(31)29-24/h3-11,14,21H,2,12-13,15-16H2,1H3,(H,29,31). The number of carbonyl (C=O) groups excluding carboxylic acids is 2. The molecule has 1 aliphatic carbocycles. The number of rotatable bonds is 6. The zero-order valence-corrected chi connectivity index (χ0v) is 18.8. The smallest absolute Gasteiger partial charge is 0.410 e. The molecule has 0 aromatic heterocycles. The van der Waals surface area contributed by atoms with Gasteiger partial charge in [-0.2, -0.15) is 0 Å². The van der Waals surface area contributed by atoms with E-state index >= 15 is 0 Å². The first kappa shape index (κ1) is 21.9. The number of benzene rings is 2. The fourth-order valence-electron chi connectivity index (χ4n) is 4.53. The number of nitrogens with zero attached hydrogens (tertiary/aromatic N) is 1. The molecule has 2 heterocycles. The topological polar surface area (TPSA) is 67.9 Å². The van der Waals surface area contributed by atoms with Gasteiger partial charge in [-0.1, -0.05) is 30.4 Å². The maximum atomic E-state index is 14.7. The molecule has 2 amide bonds. The van der Waals surface area contributed by atoms with Crippen molar-refractivity contribution in [2.75, 3.05) is 13.2 Å². The molecule has 2 aliphatic heterocycles. The third-order valence-corrected chi connectivity index (χ3v) is 6.26. The molecular weight excluding hydrogens is 435 g/mol. The highest BCUT2D eigenvalue weighted by Crippen LogP contribution is 2.31. The van der Waals surface area contributed by atoms with E-state index in [1.54, 1.807) is 23.1 Å². The van der Waals surface area contributed by atoms with Gasteiger partial charge in [0.15, 0.2) is 11.6 Å². The van der Waals surface area contributed by atoms with Gasteiger partial charge in [0.25, 0.3) is 0 Å². The maximum absolute atomic E-state index is 14.7. The van der Waals surface area contributed by atoms with Crippen LogP contribution < -0.4 is 10.1 Å². The number of hydrogen-bond donors (Lipinski definition) is 1. The average Bonchev–Trinajstić information content (AvgIpc) is 3.37. The van der Waals surface area contributed by atoms with E-state index in [-0.39, 0.29) is 23.8 Å². The summed E-state index contributed by atoms with van der Waals surface area (Å²) in [5.74, 6) is 0.252. The van der Waals surface area contributed by atoms with E-state index in [2.05, 4.69) is 5.32 Å². The second-order valence-electron chi connectivity index (χ2n) is 8.63. The molecule has 0 radical (unpaired) electrons. The quantitative estimate of drug-likeness (QED) is 0.650. The lowest BCUT2D eigenvalue weighted by molar-refractivity contribution is -0.118. The van der Waals surface area contributed by atoms with Crippen LogP contribution in [0.5, 0.6) is 11.5 Å². The molecule has 34 heavy (non-hydrogen) atoms. The minimum atomic E-state index is -0.448. The lowest BCUT2D eigenvalue weighted by Crippen LogP contribution is -2.34. The summed E-state index contributed by atoms with van der Waals surface area (Å²) < 4.78 is 25.6. The van der Waals surface area contributed by atoms with E-state index in [1.165, 1.54) is 6.07 Å². The Morgan fingerprint density at radius 1 is 1.15 bits per heavy atom. The Bertz CT molecular complexity index is 1230. The molecule has 1 atom stereocenters. The van der Waals surface area contributed by atoms with Crippen LogP contribution in [0, 0.1) is 5.82 Å². The molecule has 2 aromatic rings. The maximum Gasteiger partial charge on any atom is 0.410 e. The normalized spacial score (nSPS) is 20.6. The SMILES string of the molecule is CCN1C(=O)OCC1Cc1ccc(Oc2ccc(C=C3C=CC4=C(CC(=O)N4)C3)cc2F)cc1. The highest BCUT2D eigenvalue weighted by Gasteiger charge is 2.31. The fourth-order valence-corrected chi connectivity index (χ4v) is 4.53. The van der Waals surface area contributed by atoms with Crippen LogP contribution in [0.2, 0.25) is 0 Å². The van der Waals surface area contributed by atoms with Gasteiger partial charge in [0.2, 0.25) is 5.91 Å². The fraction of sp³-hybridized carbons (Fsp3) is 0.259. The molecular formula is C27H25FN2O4. The van der Waals surface area contributed by atoms with Crippen molar-refractivity contribution < 1.29 is 23.5 Å². The third kappa shape index (κ3) is 4.59. The summed E-state index contributed by atoms with van der Waals surface area (Å²) >= 11 is 0. The van der Waals surface area contributed by atoms with Crippen LogP contribution in [0.25, 0.3) is 6.08 Å². The molecule has 1 N–H and O–H groups in total. The first-order valence-electron chi connectivity index (χ1n) is 11.4. The van der Waals surface area contributed by atoms with Gasteiger partial charge in [-0.25, -0.2) is 9.18 Å². The summed E-state index contributed by atoms with van der Waals surface area (Å²) in [6.45, 7) is 2.94. The highest BCUT2D eigenvalue weighted by atomic mass is 19.1. The molecule has 0 spiro atoms. The number of cyclic esters (lactones) is 1. The van der Waals surface area contributed by atoms with Crippen molar-refractivity contribution in [2.45, 2.75) is 32.2 Å². The predicted octanol–water partition coefficient (Wildman–Crippen LogP) is 5.12. The molecule has 5 rings (SSSR count). The van der Waals surface area contributed by atoms with Crippen LogP contribution >= 0.6 is 0 Å². The summed E-state index contributed by atoms with van der Waals surface area (Å²) in [6, 6.07) is 12.3. The molecule has 1 fully saturated rings. The Morgan fingerprint density at radius 2 is 1.97 bits per heavy atom. The molecule has 7 heteroatoms. The van der Waals surface area contributed by atoms with Gasteiger partial charge in [-0.15, -0.1) is 0 Å². The highest BCUT2D eigenvalue weighted by molar-refractivity contribution is 5.86. The van der Waals surface area contributed by atoms with Crippen molar-refractivity contribution in [1.82, 2.24) is 10.2 Å². The first-order chi connectivity index (χ1) is 16.5. The lowest BCUT2D eigenvalue weighted by atomic mass is 9.96. The van der Waals surface area contributed by atoms with Crippen molar-refractivity contribution in [3.8, 4) is 11.5 Å². The van der Waals surface area contributed by atoms with Crippen molar-refractivity contribution in [2.24, 2.45) is 0 Å². The number of halogens is 1. The average molecular weight is 461 g/mol. The number of ether oxygens (including phenoxy) is 2. The monoisotopic (exact) mass is 460 g/mol. The van der Waals surface area contributed by atoms with Crippen molar-refractivity contribution in [1.29, 1.82) is 0 Å². The minimum Gasteiger partial charge on any atom is -0.454 e. The molecule has 2 aromatic carbocycles. The third-order valence-electron chi connectivity index (χ3n) is 6.26. The zero-order chi connectivity index (χ0) is 23.7. The van der Waals surface area contributed by atoms with Gasteiger partial charge in [0.1, 0.15) is 12.4 Å². The first-order valence-corrected chi connectivity index (χ1v) is 11.4. The van der Waals surface area contributed by atoms with Crippen molar-refractivity contribution in [3.63, 3.8) is 0 Å². The summed E-state index contributed by atoms with van der Waals surface area (Å²) in [5, 5.41) is 2.84. The van der Waals surface area contributed by atoms with Gasteiger partial charge in [-0.05, 0) is 72.4 Å². The largest absolute Gasteiger partial charge is 0.454 e. The van der Waals surface area contributed by atoms with Gasteiger partial charge < -0.3 is 19.7 Å². The number of carbonyl (C=O) groups is 2. The van der Waals surface area contributed by atoms with Crippen LogP contribution in [0.15, 0.2) is 71.5 Å². The number of amides is 2. The summed E-state index contributed by atoms with van der Waals surface area (Å²) in [4.78, 5) is 25.0. The Labute approximate surface area is 197 Å². The zero-order valence-electron chi connectivity index (χ0n) is 18.8. The molecule has 174 valence electrons. The van der Waals surface area contributed by atoms with Gasteiger partial charge in [0, 0.05) is 12.2 Å². The van der Waals surface area contributed by atoms with Crippen LogP contribution in [0.4, 0.5) is 9.18 Å². The van der Waals surface area contributed by atoms with Crippen LogP contribution in [-0.2, 0) is 16.0 Å². The second kappa shape index (κ2) is 9.17. The molecule has 1 unspecified atom stereocenters. The summed E-state index contributed by atoms with van der Waals surface area (Å²) in [6.07, 6.45) is 7.27. The molecule has 6 nitrogen and oxygen atoms in total. The molecule has 0 bridgehead atoms. The van der Waals surface area contributed by atoms with E-state index < -0.39 is 5.82 Å². The van der Waals surface area contributed by atoms with Gasteiger partial charge in [0.05, 0.1) is 12.5 Å². The summed E-state index contributed by atoms with van der Waals surface area (Å²) in [7, 11) is 0. The predicted molar refractivity (Wildman–Crippen MR) is 126 cm³/mol. The van der Waals surface area contributed by atoms with Crippen LogP contribution in [0.1, 0.15) is 30.9 Å². The van der Waals surface area contributed by atoms with E-state index in [0.29, 0.717) is 38.2 Å². The van der Waals surface area contributed by atoms with E-state index in [0.717, 1.165) is 28.0 Å². The number of likely N-dealkylation sites (N-methyl/N-ethyl adjacent to an activating group) is 1. The lowest BCUT2D eigenvalue weighted by Gasteiger charge is -2.19. The molecule has 1 saturated heterocycles. The molecule has 3 aliphatic rings. The van der Waals surface area contributed by atoms with Gasteiger partial charge in [-0.3, -0.25) is 4.79 Å². The Hall–Kier alpha value is -3.87. The van der Waals surface area contributed by atoms with E-state index in [9.17, 15) is 14.0 Å². The van der Waals surface area contributed by atoms with Gasteiger partial charge >= 0.3 is 6.09 Å². The number of nitrogens with one attached hydrogen (secondary N) is 1.